The van der Waals surface area contributed by atoms with E-state index in [1.165, 1.54) is 5.56 Å². The fraction of sp³-hybridized carbons (Fsp3) is 0.136. The standard InChI is InChI=1S/C22H19ClN4OS/c23-19-10-4-5-11-20(19)28-13-14-29-22-26-25-21(18-9-6-12-24-15-18)27(22)16-17-7-2-1-3-8-17/h1-12,15H,13-14,16H2. The van der Waals surface area contributed by atoms with E-state index in [1.807, 2.05) is 54.6 Å². The minimum atomic E-state index is 0.523. The van der Waals surface area contributed by atoms with E-state index >= 15 is 0 Å². The van der Waals surface area contributed by atoms with Crippen LogP contribution in [0.25, 0.3) is 11.4 Å². The molecule has 0 atom stereocenters. The van der Waals surface area contributed by atoms with Crippen molar-refractivity contribution in [1.29, 1.82) is 0 Å². The van der Waals surface area contributed by atoms with Crippen LogP contribution in [0.5, 0.6) is 5.75 Å². The third kappa shape index (κ3) is 4.96. The third-order valence-electron chi connectivity index (χ3n) is 4.23. The van der Waals surface area contributed by atoms with Crippen LogP contribution in [0.15, 0.2) is 84.3 Å². The maximum Gasteiger partial charge on any atom is 0.191 e. The summed E-state index contributed by atoms with van der Waals surface area (Å²) >= 11 is 7.75. The van der Waals surface area contributed by atoms with E-state index in [9.17, 15) is 0 Å². The predicted octanol–water partition coefficient (Wildman–Crippen LogP) is 5.21. The highest BCUT2D eigenvalue weighted by Gasteiger charge is 2.15. The zero-order valence-corrected chi connectivity index (χ0v) is 17.2. The molecular formula is C22H19ClN4OS. The van der Waals surface area contributed by atoms with Gasteiger partial charge in [-0.15, -0.1) is 10.2 Å². The Morgan fingerprint density at radius 3 is 2.55 bits per heavy atom. The van der Waals surface area contributed by atoms with Crippen molar-refractivity contribution in [2.45, 2.75) is 11.7 Å². The van der Waals surface area contributed by atoms with Crippen LogP contribution in [0.1, 0.15) is 5.56 Å². The van der Waals surface area contributed by atoms with Crippen molar-refractivity contribution in [3.8, 4) is 17.1 Å². The Balaban J connectivity index is 1.50. The van der Waals surface area contributed by atoms with Gasteiger partial charge in [0, 0.05) is 23.7 Å². The number of thioether (sulfide) groups is 1. The van der Waals surface area contributed by atoms with Crippen LogP contribution in [0.2, 0.25) is 5.02 Å². The lowest BCUT2D eigenvalue weighted by Crippen LogP contribution is -2.06. The Bertz CT molecular complexity index is 1060. The summed E-state index contributed by atoms with van der Waals surface area (Å²) < 4.78 is 7.91. The zero-order valence-electron chi connectivity index (χ0n) is 15.6. The fourth-order valence-electron chi connectivity index (χ4n) is 2.86. The molecule has 0 spiro atoms. The van der Waals surface area contributed by atoms with Gasteiger partial charge in [0.25, 0.3) is 0 Å². The van der Waals surface area contributed by atoms with E-state index in [-0.39, 0.29) is 0 Å². The average molecular weight is 423 g/mol. The molecule has 2 aromatic heterocycles. The fourth-order valence-corrected chi connectivity index (χ4v) is 3.80. The predicted molar refractivity (Wildman–Crippen MR) is 116 cm³/mol. The van der Waals surface area contributed by atoms with Gasteiger partial charge in [0.15, 0.2) is 11.0 Å². The van der Waals surface area contributed by atoms with E-state index in [1.54, 1.807) is 24.2 Å². The number of nitrogens with zero attached hydrogens (tertiary/aromatic N) is 4. The molecule has 29 heavy (non-hydrogen) atoms. The molecule has 0 aliphatic rings. The molecule has 0 unspecified atom stereocenters. The summed E-state index contributed by atoms with van der Waals surface area (Å²) in [4.78, 5) is 4.22. The number of ether oxygens (including phenoxy) is 1. The molecule has 0 fully saturated rings. The molecular weight excluding hydrogens is 404 g/mol. The molecule has 0 amide bonds. The molecule has 0 N–H and O–H groups in total. The van der Waals surface area contributed by atoms with E-state index in [0.29, 0.717) is 23.9 Å². The topological polar surface area (TPSA) is 52.8 Å². The number of aromatic nitrogens is 4. The Hall–Kier alpha value is -2.83. The van der Waals surface area contributed by atoms with Crippen LogP contribution >= 0.6 is 23.4 Å². The summed E-state index contributed by atoms with van der Waals surface area (Å²) in [5.74, 6) is 2.22. The maximum atomic E-state index is 6.14. The third-order valence-corrected chi connectivity index (χ3v) is 5.47. The first-order valence-electron chi connectivity index (χ1n) is 9.19. The number of halogens is 1. The van der Waals surface area contributed by atoms with E-state index in [0.717, 1.165) is 22.3 Å². The number of hydrogen-bond donors (Lipinski definition) is 0. The highest BCUT2D eigenvalue weighted by molar-refractivity contribution is 7.99. The second-order valence-electron chi connectivity index (χ2n) is 6.25. The molecule has 2 aromatic carbocycles. The molecule has 0 radical (unpaired) electrons. The van der Waals surface area contributed by atoms with Crippen molar-refractivity contribution in [3.05, 3.63) is 89.7 Å². The number of hydrogen-bond acceptors (Lipinski definition) is 5. The van der Waals surface area contributed by atoms with Gasteiger partial charge in [-0.2, -0.15) is 0 Å². The highest BCUT2D eigenvalue weighted by atomic mass is 35.5. The monoisotopic (exact) mass is 422 g/mol. The minimum absolute atomic E-state index is 0.523. The molecule has 4 rings (SSSR count). The van der Waals surface area contributed by atoms with E-state index in [4.69, 9.17) is 16.3 Å². The molecule has 0 aliphatic heterocycles. The lowest BCUT2D eigenvalue weighted by atomic mass is 10.2. The molecule has 0 saturated carbocycles. The highest BCUT2D eigenvalue weighted by Crippen LogP contribution is 2.26. The van der Waals surface area contributed by atoms with Gasteiger partial charge >= 0.3 is 0 Å². The molecule has 4 aromatic rings. The van der Waals surface area contributed by atoms with Crippen LogP contribution in [-0.4, -0.2) is 32.1 Å². The Kier molecular flexibility index (Phi) is 6.44. The number of pyridine rings is 1. The quantitative estimate of drug-likeness (QED) is 0.288. The first-order chi connectivity index (χ1) is 14.3. The molecule has 0 aliphatic carbocycles. The zero-order chi connectivity index (χ0) is 19.9. The summed E-state index contributed by atoms with van der Waals surface area (Å²) in [6, 6.07) is 21.7. The van der Waals surface area contributed by atoms with Crippen LogP contribution in [-0.2, 0) is 6.54 Å². The van der Waals surface area contributed by atoms with Crippen molar-refractivity contribution in [2.24, 2.45) is 0 Å². The Morgan fingerprint density at radius 1 is 0.931 bits per heavy atom. The minimum Gasteiger partial charge on any atom is -0.491 e. The van der Waals surface area contributed by atoms with Crippen molar-refractivity contribution in [1.82, 2.24) is 19.7 Å². The molecule has 7 heteroatoms. The van der Waals surface area contributed by atoms with Gasteiger partial charge in [-0.05, 0) is 29.8 Å². The van der Waals surface area contributed by atoms with Gasteiger partial charge in [0.2, 0.25) is 0 Å². The van der Waals surface area contributed by atoms with Crippen LogP contribution in [0.3, 0.4) is 0 Å². The van der Waals surface area contributed by atoms with Crippen molar-refractivity contribution >= 4 is 23.4 Å². The molecule has 0 bridgehead atoms. The normalized spacial score (nSPS) is 10.8. The summed E-state index contributed by atoms with van der Waals surface area (Å²) in [7, 11) is 0. The Labute approximate surface area is 178 Å². The summed E-state index contributed by atoms with van der Waals surface area (Å²) in [5.41, 5.74) is 2.13. The van der Waals surface area contributed by atoms with E-state index < -0.39 is 0 Å². The van der Waals surface area contributed by atoms with Crippen LogP contribution in [0.4, 0.5) is 0 Å². The lowest BCUT2D eigenvalue weighted by molar-refractivity contribution is 0.344. The van der Waals surface area contributed by atoms with Gasteiger partial charge in [-0.25, -0.2) is 0 Å². The Morgan fingerprint density at radius 2 is 1.76 bits per heavy atom. The smallest absolute Gasteiger partial charge is 0.191 e. The molecule has 146 valence electrons. The second kappa shape index (κ2) is 9.58. The summed E-state index contributed by atoms with van der Waals surface area (Å²) in [6.07, 6.45) is 3.56. The van der Waals surface area contributed by atoms with Crippen molar-refractivity contribution in [3.63, 3.8) is 0 Å². The summed E-state index contributed by atoms with van der Waals surface area (Å²) in [6.45, 7) is 1.21. The lowest BCUT2D eigenvalue weighted by Gasteiger charge is -2.11. The van der Waals surface area contributed by atoms with Gasteiger partial charge in [-0.1, -0.05) is 65.8 Å². The molecule has 0 saturated heterocycles. The largest absolute Gasteiger partial charge is 0.491 e. The second-order valence-corrected chi connectivity index (χ2v) is 7.72. The number of benzene rings is 2. The first-order valence-corrected chi connectivity index (χ1v) is 10.6. The number of para-hydroxylation sites is 1. The van der Waals surface area contributed by atoms with Gasteiger partial charge in [-0.3, -0.25) is 9.55 Å². The van der Waals surface area contributed by atoms with Crippen molar-refractivity contribution < 1.29 is 4.74 Å². The maximum absolute atomic E-state index is 6.14. The SMILES string of the molecule is Clc1ccccc1OCCSc1nnc(-c2cccnc2)n1Cc1ccccc1. The first kappa shape index (κ1) is 19.5. The van der Waals surface area contributed by atoms with Crippen molar-refractivity contribution in [2.75, 3.05) is 12.4 Å². The van der Waals surface area contributed by atoms with Gasteiger partial charge in [0.1, 0.15) is 5.75 Å². The average Bonchev–Trinajstić information content (AvgIpc) is 3.16. The number of rotatable bonds is 8. The molecule has 2 heterocycles. The van der Waals surface area contributed by atoms with Gasteiger partial charge < -0.3 is 4.74 Å². The van der Waals surface area contributed by atoms with Gasteiger partial charge in [0.05, 0.1) is 18.2 Å². The van der Waals surface area contributed by atoms with Crippen LogP contribution < -0.4 is 4.74 Å². The van der Waals surface area contributed by atoms with E-state index in [2.05, 4.69) is 31.9 Å². The summed E-state index contributed by atoms with van der Waals surface area (Å²) in [5, 5.41) is 10.3. The van der Waals surface area contributed by atoms with Crippen LogP contribution in [0, 0.1) is 0 Å². The molecule has 5 nitrogen and oxygen atoms in total.